The number of rotatable bonds is 3. The first-order valence-corrected chi connectivity index (χ1v) is 7.57. The third-order valence-electron chi connectivity index (χ3n) is 3.96. The Kier molecular flexibility index (Phi) is 3.39. The lowest BCUT2D eigenvalue weighted by molar-refractivity contribution is 0.102. The van der Waals surface area contributed by atoms with Crippen molar-refractivity contribution in [1.82, 2.24) is 9.97 Å². The van der Waals surface area contributed by atoms with Gasteiger partial charge in [0.1, 0.15) is 11.4 Å². The maximum absolute atomic E-state index is 12.6. The number of nitrogens with zero attached hydrogens (tertiary/aromatic N) is 1. The van der Waals surface area contributed by atoms with Gasteiger partial charge in [-0.3, -0.25) is 9.78 Å². The molecule has 0 spiro atoms. The highest BCUT2D eigenvalue weighted by atomic mass is 16.5. The predicted octanol–water partition coefficient (Wildman–Crippen LogP) is 3.98. The van der Waals surface area contributed by atoms with Gasteiger partial charge in [0, 0.05) is 17.0 Å². The van der Waals surface area contributed by atoms with E-state index in [1.54, 1.807) is 13.3 Å². The third kappa shape index (κ3) is 2.36. The summed E-state index contributed by atoms with van der Waals surface area (Å²) in [5.74, 6) is 0.491. The molecule has 0 aliphatic heterocycles. The number of H-pyrrole nitrogens is 1. The van der Waals surface area contributed by atoms with E-state index in [0.29, 0.717) is 17.1 Å². The van der Waals surface area contributed by atoms with E-state index >= 15 is 0 Å². The third-order valence-corrected chi connectivity index (χ3v) is 3.96. The highest BCUT2D eigenvalue weighted by molar-refractivity contribution is 6.09. The lowest BCUT2D eigenvalue weighted by atomic mass is 10.2. The molecular formula is C19H15N3O2. The van der Waals surface area contributed by atoms with E-state index < -0.39 is 0 Å². The molecule has 2 aromatic heterocycles. The summed E-state index contributed by atoms with van der Waals surface area (Å²) in [4.78, 5) is 20.1. The highest BCUT2D eigenvalue weighted by Crippen LogP contribution is 2.26. The molecule has 5 nitrogen and oxygen atoms in total. The van der Waals surface area contributed by atoms with Crippen molar-refractivity contribution >= 4 is 33.4 Å². The topological polar surface area (TPSA) is 67.0 Å². The number of benzene rings is 2. The standard InChI is InChI=1S/C19H15N3O2/c1-24-16-9-3-6-13-11-15(21-18(13)16)19(23)22-14-8-2-5-12-7-4-10-20-17(12)14/h2-11,21H,1H3,(H,22,23). The van der Waals surface area contributed by atoms with Gasteiger partial charge in [-0.25, -0.2) is 0 Å². The number of hydrogen-bond acceptors (Lipinski definition) is 3. The van der Waals surface area contributed by atoms with Crippen LogP contribution in [0.4, 0.5) is 5.69 Å². The smallest absolute Gasteiger partial charge is 0.272 e. The molecule has 2 heterocycles. The van der Waals surface area contributed by atoms with E-state index in [1.165, 1.54) is 0 Å². The number of ether oxygens (including phenoxy) is 1. The van der Waals surface area contributed by atoms with Crippen LogP contribution in [0.15, 0.2) is 60.8 Å². The van der Waals surface area contributed by atoms with Gasteiger partial charge in [0.2, 0.25) is 0 Å². The minimum atomic E-state index is -0.216. The SMILES string of the molecule is COc1cccc2cc(C(=O)Nc3cccc4cccnc34)[nH]c12. The fraction of sp³-hybridized carbons (Fsp3) is 0.0526. The molecule has 2 aromatic carbocycles. The number of para-hydroxylation sites is 2. The predicted molar refractivity (Wildman–Crippen MR) is 94.5 cm³/mol. The molecule has 0 bridgehead atoms. The number of fused-ring (bicyclic) bond motifs is 2. The molecular weight excluding hydrogens is 302 g/mol. The van der Waals surface area contributed by atoms with Crippen molar-refractivity contribution in [3.8, 4) is 5.75 Å². The number of amides is 1. The van der Waals surface area contributed by atoms with Crippen molar-refractivity contribution in [1.29, 1.82) is 0 Å². The van der Waals surface area contributed by atoms with Crippen molar-refractivity contribution in [3.05, 3.63) is 66.5 Å². The summed E-state index contributed by atoms with van der Waals surface area (Å²) in [6.45, 7) is 0. The van der Waals surface area contributed by atoms with Gasteiger partial charge in [0.25, 0.3) is 5.91 Å². The average molecular weight is 317 g/mol. The van der Waals surface area contributed by atoms with Crippen LogP contribution in [0.1, 0.15) is 10.5 Å². The van der Waals surface area contributed by atoms with Crippen molar-refractivity contribution in [2.24, 2.45) is 0 Å². The van der Waals surface area contributed by atoms with Crippen molar-refractivity contribution < 1.29 is 9.53 Å². The zero-order valence-corrected chi connectivity index (χ0v) is 13.0. The Morgan fingerprint density at radius 1 is 1.08 bits per heavy atom. The second-order valence-electron chi connectivity index (χ2n) is 5.44. The van der Waals surface area contributed by atoms with Gasteiger partial charge in [-0.1, -0.05) is 30.3 Å². The molecule has 0 aliphatic rings. The maximum atomic E-state index is 12.6. The number of aromatic amines is 1. The lowest BCUT2D eigenvalue weighted by Gasteiger charge is -2.06. The Morgan fingerprint density at radius 2 is 1.88 bits per heavy atom. The van der Waals surface area contributed by atoms with Crippen LogP contribution in [0.3, 0.4) is 0 Å². The Hall–Kier alpha value is -3.34. The van der Waals surface area contributed by atoms with Crippen LogP contribution in [-0.2, 0) is 0 Å². The lowest BCUT2D eigenvalue weighted by Crippen LogP contribution is -2.12. The molecule has 24 heavy (non-hydrogen) atoms. The molecule has 0 aliphatic carbocycles. The molecule has 0 atom stereocenters. The van der Waals surface area contributed by atoms with Crippen LogP contribution in [0.25, 0.3) is 21.8 Å². The molecule has 118 valence electrons. The van der Waals surface area contributed by atoms with E-state index in [9.17, 15) is 4.79 Å². The van der Waals surface area contributed by atoms with Crippen molar-refractivity contribution in [2.75, 3.05) is 12.4 Å². The molecule has 1 amide bonds. The summed E-state index contributed by atoms with van der Waals surface area (Å²) in [5, 5.41) is 4.83. The molecule has 4 aromatic rings. The highest BCUT2D eigenvalue weighted by Gasteiger charge is 2.13. The van der Waals surface area contributed by atoms with Crippen LogP contribution < -0.4 is 10.1 Å². The summed E-state index contributed by atoms with van der Waals surface area (Å²) in [6.07, 6.45) is 1.71. The first-order valence-electron chi connectivity index (χ1n) is 7.57. The monoisotopic (exact) mass is 317 g/mol. The quantitative estimate of drug-likeness (QED) is 0.600. The number of pyridine rings is 1. The number of carbonyl (C=O) groups is 1. The van der Waals surface area contributed by atoms with Crippen LogP contribution >= 0.6 is 0 Å². The molecule has 0 radical (unpaired) electrons. The van der Waals surface area contributed by atoms with E-state index in [4.69, 9.17) is 4.74 Å². The molecule has 0 saturated carbocycles. The first-order chi connectivity index (χ1) is 11.8. The summed E-state index contributed by atoms with van der Waals surface area (Å²) >= 11 is 0. The Morgan fingerprint density at radius 3 is 2.75 bits per heavy atom. The summed E-state index contributed by atoms with van der Waals surface area (Å²) < 4.78 is 5.32. The van der Waals surface area contributed by atoms with Crippen molar-refractivity contribution in [3.63, 3.8) is 0 Å². The second kappa shape index (κ2) is 5.70. The van der Waals surface area contributed by atoms with E-state index in [1.807, 2.05) is 54.6 Å². The van der Waals surface area contributed by atoms with Crippen molar-refractivity contribution in [2.45, 2.75) is 0 Å². The Labute approximate surface area is 138 Å². The molecule has 4 rings (SSSR count). The first kappa shape index (κ1) is 14.3. The van der Waals surface area contributed by atoms with E-state index in [0.717, 1.165) is 21.8 Å². The number of nitrogens with one attached hydrogen (secondary N) is 2. The van der Waals surface area contributed by atoms with Gasteiger partial charge in [0.15, 0.2) is 0 Å². The van der Waals surface area contributed by atoms with Crippen LogP contribution in [0.2, 0.25) is 0 Å². The van der Waals surface area contributed by atoms with Crippen LogP contribution in [0.5, 0.6) is 5.75 Å². The van der Waals surface area contributed by atoms with Gasteiger partial charge < -0.3 is 15.0 Å². The largest absolute Gasteiger partial charge is 0.495 e. The fourth-order valence-corrected chi connectivity index (χ4v) is 2.82. The number of methoxy groups -OCH3 is 1. The fourth-order valence-electron chi connectivity index (χ4n) is 2.82. The zero-order valence-electron chi connectivity index (χ0n) is 13.0. The van der Waals surface area contributed by atoms with Gasteiger partial charge in [-0.05, 0) is 24.3 Å². The minimum absolute atomic E-state index is 0.216. The Balaban J connectivity index is 1.71. The van der Waals surface area contributed by atoms with Gasteiger partial charge in [-0.15, -0.1) is 0 Å². The summed E-state index contributed by atoms with van der Waals surface area (Å²) in [7, 11) is 1.61. The maximum Gasteiger partial charge on any atom is 0.272 e. The second-order valence-corrected chi connectivity index (χ2v) is 5.44. The number of anilines is 1. The zero-order chi connectivity index (χ0) is 16.5. The average Bonchev–Trinajstić information content (AvgIpc) is 3.06. The van der Waals surface area contributed by atoms with Gasteiger partial charge >= 0.3 is 0 Å². The van der Waals surface area contributed by atoms with Gasteiger partial charge in [0.05, 0.1) is 23.8 Å². The molecule has 5 heteroatoms. The normalized spacial score (nSPS) is 10.9. The van der Waals surface area contributed by atoms with Crippen LogP contribution in [0, 0.1) is 0 Å². The molecule has 0 unspecified atom stereocenters. The van der Waals surface area contributed by atoms with Crippen LogP contribution in [-0.4, -0.2) is 23.0 Å². The molecule has 0 saturated heterocycles. The Bertz CT molecular complexity index is 1050. The number of carbonyl (C=O) groups excluding carboxylic acids is 1. The molecule has 0 fully saturated rings. The van der Waals surface area contributed by atoms with Gasteiger partial charge in [-0.2, -0.15) is 0 Å². The summed E-state index contributed by atoms with van der Waals surface area (Å²) in [6, 6.07) is 17.0. The minimum Gasteiger partial charge on any atom is -0.495 e. The van der Waals surface area contributed by atoms with E-state index in [2.05, 4.69) is 15.3 Å². The molecule has 2 N–H and O–H groups in total. The summed E-state index contributed by atoms with van der Waals surface area (Å²) in [5.41, 5.74) is 2.73. The number of hydrogen-bond donors (Lipinski definition) is 2. The van der Waals surface area contributed by atoms with E-state index in [-0.39, 0.29) is 5.91 Å². The number of aromatic nitrogens is 2.